The first-order chi connectivity index (χ1) is 4.64. The maximum absolute atomic E-state index is 11.1. The van der Waals surface area contributed by atoms with E-state index in [0.717, 1.165) is 6.42 Å². The SMILES string of the molecule is CSC1=CCS(=N)(=O)CC1. The predicted molar refractivity (Wildman–Crippen MR) is 46.8 cm³/mol. The zero-order chi connectivity index (χ0) is 7.61. The van der Waals surface area contributed by atoms with Crippen LogP contribution < -0.4 is 0 Å². The summed E-state index contributed by atoms with van der Waals surface area (Å²) in [5.74, 6) is 1.02. The van der Waals surface area contributed by atoms with Gasteiger partial charge in [0.1, 0.15) is 0 Å². The van der Waals surface area contributed by atoms with E-state index < -0.39 is 9.73 Å². The van der Waals surface area contributed by atoms with Crippen molar-refractivity contribution in [1.82, 2.24) is 0 Å². The van der Waals surface area contributed by atoms with Gasteiger partial charge in [-0.05, 0) is 17.6 Å². The Hall–Kier alpha value is 0.0400. The van der Waals surface area contributed by atoms with Gasteiger partial charge < -0.3 is 0 Å². The molecule has 1 atom stereocenters. The maximum atomic E-state index is 11.1. The van der Waals surface area contributed by atoms with Crippen molar-refractivity contribution in [3.63, 3.8) is 0 Å². The topological polar surface area (TPSA) is 40.9 Å². The molecule has 1 aliphatic heterocycles. The zero-order valence-electron chi connectivity index (χ0n) is 5.92. The Kier molecular flexibility index (Phi) is 2.41. The van der Waals surface area contributed by atoms with Gasteiger partial charge in [0, 0.05) is 15.5 Å². The fraction of sp³-hybridized carbons (Fsp3) is 0.667. The van der Waals surface area contributed by atoms with Gasteiger partial charge in [0.2, 0.25) is 0 Å². The average Bonchev–Trinajstić information content (AvgIpc) is 1.88. The molecule has 0 fully saturated rings. The van der Waals surface area contributed by atoms with Crippen molar-refractivity contribution >= 4 is 21.5 Å². The van der Waals surface area contributed by atoms with Gasteiger partial charge in [0.05, 0.1) is 5.75 Å². The Morgan fingerprint density at radius 1 is 1.80 bits per heavy atom. The largest absolute Gasteiger partial charge is 0.253 e. The van der Waals surface area contributed by atoms with Gasteiger partial charge >= 0.3 is 0 Å². The van der Waals surface area contributed by atoms with Gasteiger partial charge in [-0.3, -0.25) is 4.78 Å². The van der Waals surface area contributed by atoms with Gasteiger partial charge in [-0.2, -0.15) is 0 Å². The first-order valence-corrected chi connectivity index (χ1v) is 6.23. The molecule has 1 N–H and O–H groups in total. The highest BCUT2D eigenvalue weighted by molar-refractivity contribution is 8.02. The lowest BCUT2D eigenvalue weighted by Gasteiger charge is -2.12. The molecule has 4 heteroatoms. The van der Waals surface area contributed by atoms with E-state index in [9.17, 15) is 4.21 Å². The second-order valence-electron chi connectivity index (χ2n) is 2.31. The van der Waals surface area contributed by atoms with Crippen molar-refractivity contribution in [3.8, 4) is 0 Å². The molecule has 0 radical (unpaired) electrons. The number of thioether (sulfide) groups is 1. The van der Waals surface area contributed by atoms with E-state index in [-0.39, 0.29) is 0 Å². The van der Waals surface area contributed by atoms with Crippen LogP contribution in [0.4, 0.5) is 0 Å². The normalized spacial score (nSPS) is 33.5. The molecule has 0 bridgehead atoms. The first kappa shape index (κ1) is 8.14. The molecule has 1 heterocycles. The van der Waals surface area contributed by atoms with Crippen LogP contribution in [0.1, 0.15) is 6.42 Å². The molecule has 0 saturated heterocycles. The number of hydrogen-bond acceptors (Lipinski definition) is 3. The van der Waals surface area contributed by atoms with Crippen molar-refractivity contribution in [2.24, 2.45) is 0 Å². The predicted octanol–water partition coefficient (Wildman–Crippen LogP) is 1.68. The van der Waals surface area contributed by atoms with Crippen LogP contribution in [-0.4, -0.2) is 22.0 Å². The Balaban J connectivity index is 2.70. The summed E-state index contributed by atoms with van der Waals surface area (Å²) < 4.78 is 18.3. The fourth-order valence-corrected chi connectivity index (χ4v) is 2.84. The lowest BCUT2D eigenvalue weighted by molar-refractivity contribution is 0.675. The van der Waals surface area contributed by atoms with Crippen LogP contribution in [0, 0.1) is 4.78 Å². The second kappa shape index (κ2) is 2.96. The molecule has 0 aromatic carbocycles. The third-order valence-electron chi connectivity index (χ3n) is 1.52. The van der Waals surface area contributed by atoms with E-state index in [1.807, 2.05) is 12.3 Å². The van der Waals surface area contributed by atoms with E-state index >= 15 is 0 Å². The van der Waals surface area contributed by atoms with E-state index in [4.69, 9.17) is 4.78 Å². The Labute approximate surface area is 66.1 Å². The van der Waals surface area contributed by atoms with Crippen molar-refractivity contribution in [1.29, 1.82) is 4.78 Å². The van der Waals surface area contributed by atoms with Crippen LogP contribution >= 0.6 is 11.8 Å². The number of rotatable bonds is 1. The van der Waals surface area contributed by atoms with Gasteiger partial charge in [-0.1, -0.05) is 6.08 Å². The molecular formula is C6H11NOS2. The summed E-state index contributed by atoms with van der Waals surface area (Å²) in [6.45, 7) is 0. The molecule has 2 nitrogen and oxygen atoms in total. The van der Waals surface area contributed by atoms with E-state index in [2.05, 4.69) is 0 Å². The molecular weight excluding hydrogens is 166 g/mol. The van der Waals surface area contributed by atoms with Crippen molar-refractivity contribution in [3.05, 3.63) is 11.0 Å². The first-order valence-electron chi connectivity index (χ1n) is 3.11. The van der Waals surface area contributed by atoms with Crippen LogP contribution in [0.15, 0.2) is 11.0 Å². The fourth-order valence-electron chi connectivity index (χ4n) is 0.864. The summed E-state index contributed by atoms with van der Waals surface area (Å²) in [5.41, 5.74) is 0. The summed E-state index contributed by atoms with van der Waals surface area (Å²) in [6, 6.07) is 0. The summed E-state index contributed by atoms with van der Waals surface area (Å²) >= 11 is 1.70. The van der Waals surface area contributed by atoms with Gasteiger partial charge in [-0.15, -0.1) is 11.8 Å². The Morgan fingerprint density at radius 3 is 2.90 bits per heavy atom. The maximum Gasteiger partial charge on any atom is 0.0506 e. The van der Waals surface area contributed by atoms with Crippen LogP contribution in [-0.2, 0) is 9.73 Å². The summed E-state index contributed by atoms with van der Waals surface area (Å²) in [7, 11) is -2.22. The van der Waals surface area contributed by atoms with Crippen molar-refractivity contribution < 1.29 is 4.21 Å². The standard InChI is InChI=1S/C6H11NOS2/c1-9-6-2-4-10(7,8)5-3-6/h2,7H,3-5H2,1H3. The molecule has 58 valence electrons. The molecule has 0 saturated carbocycles. The highest BCUT2D eigenvalue weighted by Gasteiger charge is 2.11. The highest BCUT2D eigenvalue weighted by atomic mass is 32.2. The molecule has 0 aliphatic carbocycles. The average molecular weight is 177 g/mol. The molecule has 10 heavy (non-hydrogen) atoms. The smallest absolute Gasteiger partial charge is 0.0506 e. The minimum atomic E-state index is -2.22. The van der Waals surface area contributed by atoms with Gasteiger partial charge in [-0.25, -0.2) is 4.21 Å². The highest BCUT2D eigenvalue weighted by Crippen LogP contribution is 2.21. The number of nitrogens with one attached hydrogen (secondary N) is 1. The molecule has 1 rings (SSSR count). The monoisotopic (exact) mass is 177 g/mol. The number of hydrogen-bond donors (Lipinski definition) is 1. The summed E-state index contributed by atoms with van der Waals surface area (Å²) in [5, 5.41) is 0. The van der Waals surface area contributed by atoms with Gasteiger partial charge in [0.25, 0.3) is 0 Å². The third-order valence-corrected chi connectivity index (χ3v) is 3.98. The van der Waals surface area contributed by atoms with E-state index in [1.54, 1.807) is 11.8 Å². The zero-order valence-corrected chi connectivity index (χ0v) is 7.56. The lowest BCUT2D eigenvalue weighted by Crippen LogP contribution is -2.12. The Bertz CT molecular complexity index is 240. The minimum Gasteiger partial charge on any atom is -0.253 e. The van der Waals surface area contributed by atoms with Crippen molar-refractivity contribution in [2.45, 2.75) is 6.42 Å². The molecule has 0 aromatic rings. The quantitative estimate of drug-likeness (QED) is 0.662. The lowest BCUT2D eigenvalue weighted by atomic mass is 10.4. The van der Waals surface area contributed by atoms with Crippen LogP contribution in [0.3, 0.4) is 0 Å². The van der Waals surface area contributed by atoms with Crippen LogP contribution in [0.25, 0.3) is 0 Å². The van der Waals surface area contributed by atoms with Crippen molar-refractivity contribution in [2.75, 3.05) is 17.8 Å². The molecule has 0 amide bonds. The van der Waals surface area contributed by atoms with E-state index in [1.165, 1.54) is 4.91 Å². The van der Waals surface area contributed by atoms with Crippen LogP contribution in [0.5, 0.6) is 0 Å². The summed E-state index contributed by atoms with van der Waals surface area (Å²) in [4.78, 5) is 1.28. The second-order valence-corrected chi connectivity index (χ2v) is 5.61. The minimum absolute atomic E-state index is 0.461. The Morgan fingerprint density at radius 2 is 2.50 bits per heavy atom. The van der Waals surface area contributed by atoms with Gasteiger partial charge in [0.15, 0.2) is 0 Å². The van der Waals surface area contributed by atoms with E-state index in [0.29, 0.717) is 11.5 Å². The number of allylic oxidation sites excluding steroid dienone is 1. The molecule has 0 spiro atoms. The van der Waals surface area contributed by atoms with Crippen LogP contribution in [0.2, 0.25) is 0 Å². The molecule has 1 aliphatic rings. The summed E-state index contributed by atoms with van der Waals surface area (Å²) in [6.07, 6.45) is 4.79. The molecule has 1 unspecified atom stereocenters. The third kappa shape index (κ3) is 2.02. The molecule has 0 aromatic heterocycles.